The first-order valence-corrected chi connectivity index (χ1v) is 13.1. The summed E-state index contributed by atoms with van der Waals surface area (Å²) in [6, 6.07) is 0. The molecule has 0 aromatic carbocycles. The number of nitrogens with zero attached hydrogens (tertiary/aromatic N) is 6. The molecule has 8 N–H and O–H groups in total. The van der Waals surface area contributed by atoms with Crippen molar-refractivity contribution in [1.82, 2.24) is 34.2 Å². The summed E-state index contributed by atoms with van der Waals surface area (Å²) in [7, 11) is -4.72. The summed E-state index contributed by atoms with van der Waals surface area (Å²) in [6.45, 7) is 0.485. The monoisotopic (exact) mass is 573 g/mol. The molecule has 4 heterocycles. The molecule has 4 rings (SSSR count). The summed E-state index contributed by atoms with van der Waals surface area (Å²) < 4.78 is 30.9. The van der Waals surface area contributed by atoms with Crippen molar-refractivity contribution in [2.75, 3.05) is 31.3 Å². The summed E-state index contributed by atoms with van der Waals surface area (Å²) in [6.07, 6.45) is -1.64. The molecule has 1 aliphatic heterocycles. The lowest BCUT2D eigenvalue weighted by molar-refractivity contribution is -0.0485. The Bertz CT molecular complexity index is 1460. The fourth-order valence-electron chi connectivity index (χ4n) is 3.81. The van der Waals surface area contributed by atoms with Crippen molar-refractivity contribution in [3.05, 3.63) is 33.5 Å². The van der Waals surface area contributed by atoms with Gasteiger partial charge in [0.25, 0.3) is 5.56 Å². The molecule has 0 aliphatic carbocycles. The maximum Gasteiger partial charge on any atom is 0.472 e. The summed E-state index contributed by atoms with van der Waals surface area (Å²) in [5.41, 5.74) is 9.74. The summed E-state index contributed by atoms with van der Waals surface area (Å²) in [5.74, 6) is -0.977. The van der Waals surface area contributed by atoms with Crippen molar-refractivity contribution in [3.8, 4) is 0 Å². The topological polar surface area (TPSA) is 278 Å². The van der Waals surface area contributed by atoms with Gasteiger partial charge < -0.3 is 36.1 Å². The van der Waals surface area contributed by atoms with Crippen LogP contribution in [0.2, 0.25) is 0 Å². The van der Waals surface area contributed by atoms with Crippen molar-refractivity contribution in [2.24, 2.45) is 5.92 Å². The minimum absolute atomic E-state index is 0.0251. The number of aliphatic hydroxyl groups excluding tert-OH is 2. The molecular formula is C19H28N9O10P. The van der Waals surface area contributed by atoms with Crippen LogP contribution >= 0.6 is 7.82 Å². The third-order valence-corrected chi connectivity index (χ3v) is 6.90. The Balaban J connectivity index is 1.34. The third-order valence-electron chi connectivity index (χ3n) is 5.88. The molecular weight excluding hydrogens is 545 g/mol. The average Bonchev–Trinajstić information content (AvgIpc) is 3.46. The van der Waals surface area contributed by atoms with Gasteiger partial charge in [0, 0.05) is 25.4 Å². The summed E-state index contributed by atoms with van der Waals surface area (Å²) in [5, 5.41) is 20.0. The predicted octanol–water partition coefficient (Wildman–Crippen LogP) is -2.47. The number of phosphoric ester groups is 1. The molecule has 39 heavy (non-hydrogen) atoms. The standard InChI is InChI=1S/C19H28N9O10P/c1-9(5-29)11(2-3-35-28-8-23-17(20)26-19(28)32)38-39(33,34)36-6-12-10(30)4-13(37-12)27-7-22-14-15(27)24-18(21)25-16(14)31/h7-13,29-30H,2-6H2,1H3,(H,33,34)(H2,20,26,32)(H3,21,24,25,31)/t9-,10-,11-,12-,13-/m1/s1. The molecule has 0 radical (unpaired) electrons. The highest BCUT2D eigenvalue weighted by atomic mass is 31.2. The van der Waals surface area contributed by atoms with E-state index in [9.17, 15) is 29.3 Å². The Morgan fingerprint density at radius 1 is 1.28 bits per heavy atom. The van der Waals surface area contributed by atoms with E-state index in [1.165, 1.54) is 10.9 Å². The van der Waals surface area contributed by atoms with Gasteiger partial charge >= 0.3 is 13.5 Å². The zero-order valence-electron chi connectivity index (χ0n) is 20.6. The number of aliphatic hydroxyl groups is 2. The van der Waals surface area contributed by atoms with Crippen molar-refractivity contribution < 1.29 is 38.3 Å². The summed E-state index contributed by atoms with van der Waals surface area (Å²) in [4.78, 5) is 56.7. The van der Waals surface area contributed by atoms with Gasteiger partial charge in [0.2, 0.25) is 11.9 Å². The fraction of sp³-hybridized carbons (Fsp3) is 0.579. The second-order valence-electron chi connectivity index (χ2n) is 8.72. The first kappa shape index (κ1) is 28.6. The van der Waals surface area contributed by atoms with E-state index in [4.69, 9.17) is 30.1 Å². The molecule has 3 aromatic heterocycles. The van der Waals surface area contributed by atoms with E-state index in [1.807, 2.05) is 0 Å². The van der Waals surface area contributed by atoms with Crippen LogP contribution < -0.4 is 27.6 Å². The molecule has 20 heteroatoms. The smallest absolute Gasteiger partial charge is 0.408 e. The first-order valence-electron chi connectivity index (χ1n) is 11.6. The summed E-state index contributed by atoms with van der Waals surface area (Å²) >= 11 is 0. The molecule has 0 spiro atoms. The molecule has 0 saturated carbocycles. The Morgan fingerprint density at radius 2 is 2.05 bits per heavy atom. The maximum absolute atomic E-state index is 12.7. The number of rotatable bonds is 12. The Morgan fingerprint density at radius 3 is 2.77 bits per heavy atom. The average molecular weight is 573 g/mol. The zero-order chi connectivity index (χ0) is 28.3. The highest BCUT2D eigenvalue weighted by Gasteiger charge is 2.39. The van der Waals surface area contributed by atoms with Gasteiger partial charge in [0.05, 0.1) is 25.1 Å². The Labute approximate surface area is 218 Å². The molecule has 6 atom stereocenters. The minimum atomic E-state index is -4.72. The van der Waals surface area contributed by atoms with Crippen molar-refractivity contribution in [2.45, 2.75) is 44.3 Å². The van der Waals surface area contributed by atoms with Gasteiger partial charge in [-0.1, -0.05) is 6.92 Å². The van der Waals surface area contributed by atoms with Gasteiger partial charge in [-0.05, 0) is 0 Å². The molecule has 3 aromatic rings. The van der Waals surface area contributed by atoms with Crippen LogP contribution in [0.5, 0.6) is 0 Å². The van der Waals surface area contributed by atoms with Crippen molar-refractivity contribution >= 4 is 30.9 Å². The fourth-order valence-corrected chi connectivity index (χ4v) is 4.86. The number of ether oxygens (including phenoxy) is 1. The van der Waals surface area contributed by atoms with Gasteiger partial charge in [-0.25, -0.2) is 14.3 Å². The molecule has 1 fully saturated rings. The van der Waals surface area contributed by atoms with Crippen LogP contribution in [0.1, 0.15) is 26.0 Å². The highest BCUT2D eigenvalue weighted by molar-refractivity contribution is 7.47. The first-order chi connectivity index (χ1) is 18.5. The largest absolute Gasteiger partial charge is 0.472 e. The molecule has 0 amide bonds. The van der Waals surface area contributed by atoms with Crippen LogP contribution in [0.25, 0.3) is 11.2 Å². The van der Waals surface area contributed by atoms with Crippen LogP contribution in [0.3, 0.4) is 0 Å². The van der Waals surface area contributed by atoms with Gasteiger partial charge in [-0.2, -0.15) is 15.0 Å². The second-order valence-corrected chi connectivity index (χ2v) is 10.1. The Hall–Kier alpha value is -3.45. The van der Waals surface area contributed by atoms with E-state index in [1.54, 1.807) is 6.92 Å². The number of hydrogen-bond acceptors (Lipinski definition) is 15. The van der Waals surface area contributed by atoms with Crippen LogP contribution in [-0.4, -0.2) is 87.5 Å². The lowest BCUT2D eigenvalue weighted by Crippen LogP contribution is -2.33. The van der Waals surface area contributed by atoms with Crippen LogP contribution in [0.4, 0.5) is 11.9 Å². The Kier molecular flexibility index (Phi) is 8.60. The van der Waals surface area contributed by atoms with Gasteiger partial charge in [0.15, 0.2) is 11.2 Å². The van der Waals surface area contributed by atoms with Gasteiger partial charge in [-0.3, -0.25) is 23.4 Å². The maximum atomic E-state index is 12.7. The second kappa shape index (κ2) is 11.7. The van der Waals surface area contributed by atoms with E-state index in [-0.39, 0.29) is 49.1 Å². The van der Waals surface area contributed by atoms with Crippen molar-refractivity contribution in [3.63, 3.8) is 0 Å². The number of fused-ring (bicyclic) bond motifs is 1. The van der Waals surface area contributed by atoms with Crippen LogP contribution in [-0.2, 0) is 18.3 Å². The van der Waals surface area contributed by atoms with Crippen LogP contribution in [0.15, 0.2) is 22.2 Å². The van der Waals surface area contributed by atoms with E-state index in [2.05, 4.69) is 24.9 Å². The lowest BCUT2D eigenvalue weighted by Gasteiger charge is -2.25. The predicted molar refractivity (Wildman–Crippen MR) is 131 cm³/mol. The molecule has 1 unspecified atom stereocenters. The normalized spacial score (nSPS) is 22.5. The van der Waals surface area contributed by atoms with Crippen LogP contribution in [0, 0.1) is 5.92 Å². The third kappa shape index (κ3) is 6.77. The van der Waals surface area contributed by atoms with E-state index < -0.39 is 56.1 Å². The van der Waals surface area contributed by atoms with E-state index in [0.717, 1.165) is 11.1 Å². The van der Waals surface area contributed by atoms with E-state index in [0.29, 0.717) is 0 Å². The number of imidazole rings is 1. The van der Waals surface area contributed by atoms with Gasteiger partial charge in [-0.15, -0.1) is 4.73 Å². The number of anilines is 2. The van der Waals surface area contributed by atoms with E-state index >= 15 is 0 Å². The highest BCUT2D eigenvalue weighted by Crippen LogP contribution is 2.47. The molecule has 1 aliphatic rings. The number of hydrogen-bond donors (Lipinski definition) is 6. The number of nitrogens with one attached hydrogen (secondary N) is 1. The zero-order valence-corrected chi connectivity index (χ0v) is 21.5. The quantitative estimate of drug-likeness (QED) is 0.122. The lowest BCUT2D eigenvalue weighted by atomic mass is 10.0. The number of nitrogens with two attached hydrogens (primary N) is 2. The number of phosphoric acid groups is 1. The molecule has 1 saturated heterocycles. The molecule has 214 valence electrons. The number of H-pyrrole nitrogens is 1. The number of aromatic nitrogens is 7. The minimum Gasteiger partial charge on any atom is -0.408 e. The SMILES string of the molecule is C[C@H](CO)[C@@H](CCOn1cnc(N)nc1=O)OP(=O)(O)OC[C@H]1O[C@@H](n2cnc3c(=O)[nH]c(N)nc32)C[C@H]1O. The molecule has 19 nitrogen and oxygen atoms in total. The van der Waals surface area contributed by atoms with Crippen molar-refractivity contribution in [1.29, 1.82) is 0 Å². The van der Waals surface area contributed by atoms with Gasteiger partial charge in [0.1, 0.15) is 25.3 Å². The molecule has 0 bridgehead atoms. The number of aromatic amines is 1. The number of nitrogen functional groups attached to an aromatic ring is 2.